The van der Waals surface area contributed by atoms with Crippen molar-refractivity contribution in [2.75, 3.05) is 12.1 Å². The first kappa shape index (κ1) is 15.1. The zero-order chi connectivity index (χ0) is 16.2. The second-order valence-electron chi connectivity index (χ2n) is 5.46. The van der Waals surface area contributed by atoms with Gasteiger partial charge in [-0.3, -0.25) is 4.79 Å². The average molecular weight is 314 g/mol. The lowest BCUT2D eigenvalue weighted by Crippen LogP contribution is -2.24. The van der Waals surface area contributed by atoms with E-state index < -0.39 is 0 Å². The Morgan fingerprint density at radius 3 is 2.87 bits per heavy atom. The summed E-state index contributed by atoms with van der Waals surface area (Å²) in [6, 6.07) is 7.44. The Morgan fingerprint density at radius 2 is 2.04 bits per heavy atom. The van der Waals surface area contributed by atoms with Gasteiger partial charge < -0.3 is 20.1 Å². The summed E-state index contributed by atoms with van der Waals surface area (Å²) in [5.74, 6) is 1.79. The molecule has 23 heavy (non-hydrogen) atoms. The molecule has 0 radical (unpaired) electrons. The number of aromatic nitrogens is 2. The van der Waals surface area contributed by atoms with Crippen molar-refractivity contribution >= 4 is 11.7 Å². The van der Waals surface area contributed by atoms with Crippen LogP contribution in [0.25, 0.3) is 0 Å². The molecule has 1 aromatic heterocycles. The third kappa shape index (κ3) is 3.68. The van der Waals surface area contributed by atoms with Crippen molar-refractivity contribution in [1.82, 2.24) is 15.3 Å². The van der Waals surface area contributed by atoms with Gasteiger partial charge in [0.05, 0.1) is 0 Å². The number of ether oxygens (including phenoxy) is 2. The van der Waals surface area contributed by atoms with E-state index in [1.54, 1.807) is 6.07 Å². The van der Waals surface area contributed by atoms with Gasteiger partial charge in [0.15, 0.2) is 11.5 Å². The number of nitrogens with one attached hydrogen (secondary N) is 2. The molecule has 1 aliphatic heterocycles. The predicted molar refractivity (Wildman–Crippen MR) is 84.5 cm³/mol. The normalized spacial score (nSPS) is 12.3. The summed E-state index contributed by atoms with van der Waals surface area (Å²) < 4.78 is 10.6. The third-order valence-corrected chi connectivity index (χ3v) is 3.23. The molecule has 0 saturated heterocycles. The molecule has 1 amide bonds. The first-order valence-electron chi connectivity index (χ1n) is 7.37. The molecule has 7 heteroatoms. The maximum absolute atomic E-state index is 12.2. The van der Waals surface area contributed by atoms with Crippen LogP contribution in [0.3, 0.4) is 0 Å². The molecule has 7 nitrogen and oxygen atoms in total. The molecule has 1 aliphatic rings. The molecule has 0 bridgehead atoms. The van der Waals surface area contributed by atoms with Gasteiger partial charge in [0, 0.05) is 18.7 Å². The van der Waals surface area contributed by atoms with E-state index in [1.165, 1.54) is 6.33 Å². The fourth-order valence-electron chi connectivity index (χ4n) is 2.18. The number of benzene rings is 1. The highest BCUT2D eigenvalue weighted by molar-refractivity contribution is 5.92. The van der Waals surface area contributed by atoms with Crippen molar-refractivity contribution in [1.29, 1.82) is 0 Å². The molecule has 3 rings (SSSR count). The van der Waals surface area contributed by atoms with E-state index in [4.69, 9.17) is 9.47 Å². The fraction of sp³-hybridized carbons (Fsp3) is 0.312. The zero-order valence-corrected chi connectivity index (χ0v) is 13.0. The minimum atomic E-state index is -0.253. The molecule has 0 saturated carbocycles. The van der Waals surface area contributed by atoms with Crippen LogP contribution in [0.5, 0.6) is 11.5 Å². The topological polar surface area (TPSA) is 85.4 Å². The number of amides is 1. The van der Waals surface area contributed by atoms with Crippen LogP contribution >= 0.6 is 0 Å². The Hall–Kier alpha value is -2.83. The first-order valence-corrected chi connectivity index (χ1v) is 7.37. The summed E-state index contributed by atoms with van der Waals surface area (Å²) in [6.07, 6.45) is 1.38. The van der Waals surface area contributed by atoms with Crippen LogP contribution in [0.4, 0.5) is 5.82 Å². The van der Waals surface area contributed by atoms with Crippen molar-refractivity contribution < 1.29 is 14.3 Å². The molecular formula is C16H18N4O3. The van der Waals surface area contributed by atoms with Gasteiger partial charge in [0.2, 0.25) is 6.79 Å². The molecule has 2 heterocycles. The van der Waals surface area contributed by atoms with Crippen LogP contribution in [-0.2, 0) is 6.54 Å². The predicted octanol–water partition coefficient (Wildman–Crippen LogP) is 1.96. The van der Waals surface area contributed by atoms with Gasteiger partial charge in [-0.2, -0.15) is 0 Å². The van der Waals surface area contributed by atoms with Gasteiger partial charge in [-0.25, -0.2) is 9.97 Å². The van der Waals surface area contributed by atoms with Crippen LogP contribution in [-0.4, -0.2) is 28.7 Å². The molecule has 1 aromatic carbocycles. The summed E-state index contributed by atoms with van der Waals surface area (Å²) in [5.41, 5.74) is 1.25. The Balaban J connectivity index is 1.63. The van der Waals surface area contributed by atoms with Gasteiger partial charge in [-0.1, -0.05) is 6.07 Å². The van der Waals surface area contributed by atoms with Crippen LogP contribution in [0.2, 0.25) is 0 Å². The summed E-state index contributed by atoms with van der Waals surface area (Å²) in [4.78, 5) is 20.3. The van der Waals surface area contributed by atoms with E-state index in [0.717, 1.165) is 11.3 Å². The minimum absolute atomic E-state index is 0.231. The lowest BCUT2D eigenvalue weighted by molar-refractivity contribution is 0.0945. The Labute approximate surface area is 134 Å². The van der Waals surface area contributed by atoms with Gasteiger partial charge in [-0.15, -0.1) is 0 Å². The van der Waals surface area contributed by atoms with Gasteiger partial charge in [-0.05, 0) is 31.5 Å². The Morgan fingerprint density at radius 1 is 1.22 bits per heavy atom. The average Bonchev–Trinajstić information content (AvgIpc) is 3.00. The number of carbonyl (C=O) groups is 1. The maximum Gasteiger partial charge on any atom is 0.270 e. The van der Waals surface area contributed by atoms with E-state index >= 15 is 0 Å². The molecule has 0 aliphatic carbocycles. The largest absolute Gasteiger partial charge is 0.454 e. The number of fused-ring (bicyclic) bond motifs is 1. The van der Waals surface area contributed by atoms with Crippen molar-refractivity contribution in [3.8, 4) is 11.5 Å². The highest BCUT2D eigenvalue weighted by atomic mass is 16.7. The van der Waals surface area contributed by atoms with E-state index in [2.05, 4.69) is 20.6 Å². The van der Waals surface area contributed by atoms with Gasteiger partial charge >= 0.3 is 0 Å². The molecular weight excluding hydrogens is 296 g/mol. The highest BCUT2D eigenvalue weighted by Crippen LogP contribution is 2.32. The van der Waals surface area contributed by atoms with E-state index in [1.807, 2.05) is 32.0 Å². The van der Waals surface area contributed by atoms with E-state index in [-0.39, 0.29) is 18.7 Å². The molecule has 0 atom stereocenters. The molecule has 2 N–H and O–H groups in total. The molecule has 0 spiro atoms. The second-order valence-corrected chi connectivity index (χ2v) is 5.46. The number of anilines is 1. The lowest BCUT2D eigenvalue weighted by Gasteiger charge is -2.10. The molecule has 120 valence electrons. The fourth-order valence-corrected chi connectivity index (χ4v) is 2.18. The number of rotatable bonds is 5. The van der Waals surface area contributed by atoms with E-state index in [0.29, 0.717) is 23.8 Å². The van der Waals surface area contributed by atoms with Crippen molar-refractivity contribution in [2.24, 2.45) is 0 Å². The second kappa shape index (κ2) is 6.51. The van der Waals surface area contributed by atoms with E-state index in [9.17, 15) is 4.79 Å². The number of hydrogen-bond acceptors (Lipinski definition) is 6. The van der Waals surface area contributed by atoms with Gasteiger partial charge in [0.1, 0.15) is 17.8 Å². The van der Waals surface area contributed by atoms with Crippen molar-refractivity contribution in [3.63, 3.8) is 0 Å². The highest BCUT2D eigenvalue weighted by Gasteiger charge is 2.14. The summed E-state index contributed by atoms with van der Waals surface area (Å²) >= 11 is 0. The third-order valence-electron chi connectivity index (χ3n) is 3.23. The monoisotopic (exact) mass is 314 g/mol. The number of carbonyl (C=O) groups excluding carboxylic acids is 1. The van der Waals surface area contributed by atoms with Crippen molar-refractivity contribution in [3.05, 3.63) is 41.9 Å². The molecule has 0 fully saturated rings. The maximum atomic E-state index is 12.2. The lowest BCUT2D eigenvalue weighted by atomic mass is 10.2. The molecule has 0 unspecified atom stereocenters. The Bertz CT molecular complexity index is 718. The van der Waals surface area contributed by atoms with Crippen LogP contribution in [0.1, 0.15) is 29.9 Å². The zero-order valence-electron chi connectivity index (χ0n) is 13.0. The van der Waals surface area contributed by atoms with Crippen LogP contribution in [0, 0.1) is 0 Å². The minimum Gasteiger partial charge on any atom is -0.454 e. The quantitative estimate of drug-likeness (QED) is 0.877. The first-order chi connectivity index (χ1) is 11.1. The number of hydrogen-bond donors (Lipinski definition) is 2. The smallest absolute Gasteiger partial charge is 0.270 e. The van der Waals surface area contributed by atoms with Gasteiger partial charge in [0.25, 0.3) is 5.91 Å². The molecule has 2 aromatic rings. The SMILES string of the molecule is CC(C)Nc1cc(C(=O)NCc2ccc3c(c2)OCO3)ncn1. The summed E-state index contributed by atoms with van der Waals surface area (Å²) in [7, 11) is 0. The summed E-state index contributed by atoms with van der Waals surface area (Å²) in [5, 5.41) is 5.97. The van der Waals surface area contributed by atoms with Crippen LogP contribution < -0.4 is 20.1 Å². The summed E-state index contributed by atoms with van der Waals surface area (Å²) in [6.45, 7) is 4.62. The number of nitrogens with zero attached hydrogens (tertiary/aromatic N) is 2. The van der Waals surface area contributed by atoms with Crippen molar-refractivity contribution in [2.45, 2.75) is 26.4 Å². The Kier molecular flexibility index (Phi) is 4.27. The van der Waals surface area contributed by atoms with Crippen LogP contribution in [0.15, 0.2) is 30.6 Å². The standard InChI is InChI=1S/C16H18N4O3/c1-10(2)20-15-6-12(18-8-19-15)16(21)17-7-11-3-4-13-14(5-11)23-9-22-13/h3-6,8,10H,7,9H2,1-2H3,(H,17,21)(H,18,19,20).